The molecule has 0 fully saturated rings. The van der Waals surface area contributed by atoms with Gasteiger partial charge in [0.2, 0.25) is 0 Å². The molecule has 4 heteroatoms. The molecule has 0 N–H and O–H groups in total. The summed E-state index contributed by atoms with van der Waals surface area (Å²) in [6, 6.07) is 5.28. The van der Waals surface area contributed by atoms with E-state index in [0.29, 0.717) is 6.54 Å². The zero-order chi connectivity index (χ0) is 18.5. The predicted octanol–water partition coefficient (Wildman–Crippen LogP) is 4.91. The summed E-state index contributed by atoms with van der Waals surface area (Å²) in [7, 11) is 1.64. The topological polar surface area (TPSA) is 44.1 Å². The van der Waals surface area contributed by atoms with E-state index in [-0.39, 0.29) is 11.7 Å². The number of ether oxygens (including phenoxy) is 1. The van der Waals surface area contributed by atoms with Gasteiger partial charge in [-0.1, -0.05) is 46.3 Å². The van der Waals surface area contributed by atoms with Crippen molar-refractivity contribution in [3.8, 4) is 0 Å². The fourth-order valence-corrected chi connectivity index (χ4v) is 1.99. The minimum atomic E-state index is -0.0316. The van der Waals surface area contributed by atoms with E-state index in [0.717, 1.165) is 16.6 Å². The Kier molecular flexibility index (Phi) is 11.5. The zero-order valence-corrected chi connectivity index (χ0v) is 16.2. The minimum Gasteiger partial charge on any atom is -0.380 e. The first-order valence-corrected chi connectivity index (χ1v) is 8.72. The summed E-state index contributed by atoms with van der Waals surface area (Å²) in [5.41, 5.74) is 2.61. The van der Waals surface area contributed by atoms with Crippen LogP contribution in [0.4, 0.5) is 0 Å². The molecule has 0 spiro atoms. The van der Waals surface area contributed by atoms with E-state index in [1.54, 1.807) is 30.0 Å². The van der Waals surface area contributed by atoms with Gasteiger partial charge in [-0.25, -0.2) is 0 Å². The van der Waals surface area contributed by atoms with Crippen LogP contribution in [-0.4, -0.2) is 22.8 Å². The molecule has 2 rings (SSSR count). The van der Waals surface area contributed by atoms with Gasteiger partial charge in [0.15, 0.2) is 0 Å². The monoisotopic (exact) mass is 332 g/mol. The summed E-state index contributed by atoms with van der Waals surface area (Å²) in [5.74, 6) is 0. The molecule has 4 nitrogen and oxygen atoms in total. The third kappa shape index (κ3) is 6.67. The van der Waals surface area contributed by atoms with Gasteiger partial charge in [0.1, 0.15) is 0 Å². The van der Waals surface area contributed by atoms with E-state index < -0.39 is 0 Å². The molecule has 0 aliphatic rings. The number of hydrogen-bond acceptors (Lipinski definition) is 3. The van der Waals surface area contributed by atoms with Gasteiger partial charge in [0.25, 0.3) is 5.56 Å². The highest BCUT2D eigenvalue weighted by atomic mass is 16.5. The third-order valence-corrected chi connectivity index (χ3v) is 3.06. The zero-order valence-electron chi connectivity index (χ0n) is 16.2. The van der Waals surface area contributed by atoms with Gasteiger partial charge in [-0.05, 0) is 31.5 Å². The standard InChI is InChI=1S/C15H18N2O2.C3H8.C2H6/c1-4-5-12-8-14-13(16-9-12)6-7-15(18)17(14)10-11(2)19-3;1-3-2;1-2/h4-9,11H,10H2,1-3H3;3H2,1-2H3;1-2H3/b5-4+;;. The average Bonchev–Trinajstić information content (AvgIpc) is 2.60. The van der Waals surface area contributed by atoms with Crippen molar-refractivity contribution in [2.75, 3.05) is 7.11 Å². The summed E-state index contributed by atoms with van der Waals surface area (Å²) >= 11 is 0. The molecule has 0 aromatic carbocycles. The molecule has 2 aromatic rings. The Hall–Kier alpha value is -1.94. The summed E-state index contributed by atoms with van der Waals surface area (Å²) in [6.07, 6.45) is 6.95. The van der Waals surface area contributed by atoms with Crippen molar-refractivity contribution < 1.29 is 4.74 Å². The molecule has 0 radical (unpaired) electrons. The van der Waals surface area contributed by atoms with Crippen LogP contribution in [0.1, 0.15) is 53.5 Å². The number of nitrogens with zero attached hydrogens (tertiary/aromatic N) is 2. The Morgan fingerprint density at radius 2 is 1.92 bits per heavy atom. The molecular weight excluding hydrogens is 300 g/mol. The van der Waals surface area contributed by atoms with Gasteiger partial charge in [-0.2, -0.15) is 0 Å². The maximum absolute atomic E-state index is 12.0. The SMILES string of the molecule is C/C=C/c1cnc2ccc(=O)n(CC(C)OC)c2c1.CC.CCC. The molecular formula is C20H32N2O2. The second kappa shape index (κ2) is 12.5. The van der Waals surface area contributed by atoms with E-state index in [1.807, 2.05) is 45.9 Å². The van der Waals surface area contributed by atoms with Crippen LogP contribution in [0.2, 0.25) is 0 Å². The first kappa shape index (κ1) is 22.1. The van der Waals surface area contributed by atoms with Crippen molar-refractivity contribution in [1.82, 2.24) is 9.55 Å². The number of hydrogen-bond donors (Lipinski definition) is 0. The van der Waals surface area contributed by atoms with Crippen molar-refractivity contribution in [3.63, 3.8) is 0 Å². The highest BCUT2D eigenvalue weighted by Crippen LogP contribution is 2.13. The fourth-order valence-electron chi connectivity index (χ4n) is 1.99. The summed E-state index contributed by atoms with van der Waals surface area (Å²) in [6.45, 7) is 12.7. The van der Waals surface area contributed by atoms with Gasteiger partial charge in [0.05, 0.1) is 23.7 Å². The van der Waals surface area contributed by atoms with Crippen molar-refractivity contribution in [3.05, 3.63) is 46.4 Å². The van der Waals surface area contributed by atoms with Crippen molar-refractivity contribution in [2.45, 2.75) is 60.6 Å². The lowest BCUT2D eigenvalue weighted by Crippen LogP contribution is -2.26. The van der Waals surface area contributed by atoms with Crippen LogP contribution in [0, 0.1) is 0 Å². The molecule has 24 heavy (non-hydrogen) atoms. The number of pyridine rings is 2. The number of fused-ring (bicyclic) bond motifs is 1. The molecule has 0 aliphatic carbocycles. The Labute approximate surface area is 146 Å². The van der Waals surface area contributed by atoms with E-state index in [4.69, 9.17) is 4.74 Å². The van der Waals surface area contributed by atoms with Crippen LogP contribution in [0.25, 0.3) is 17.1 Å². The van der Waals surface area contributed by atoms with E-state index in [9.17, 15) is 4.79 Å². The molecule has 1 unspecified atom stereocenters. The average molecular weight is 332 g/mol. The molecule has 0 saturated carbocycles. The molecule has 0 aliphatic heterocycles. The summed E-state index contributed by atoms with van der Waals surface area (Å²) in [4.78, 5) is 16.4. The smallest absolute Gasteiger partial charge is 0.251 e. The van der Waals surface area contributed by atoms with Crippen LogP contribution in [0.5, 0.6) is 0 Å². The lowest BCUT2D eigenvalue weighted by Gasteiger charge is -2.14. The Balaban J connectivity index is 0.000000952. The normalized spacial score (nSPS) is 11.5. The molecule has 0 saturated heterocycles. The molecule has 2 aromatic heterocycles. The van der Waals surface area contributed by atoms with Crippen LogP contribution in [-0.2, 0) is 11.3 Å². The molecule has 134 valence electrons. The van der Waals surface area contributed by atoms with Gasteiger partial charge in [-0.15, -0.1) is 0 Å². The molecule has 0 bridgehead atoms. The quantitative estimate of drug-likeness (QED) is 0.799. The Bertz CT molecular complexity index is 675. The number of methoxy groups -OCH3 is 1. The van der Waals surface area contributed by atoms with Crippen LogP contribution >= 0.6 is 0 Å². The van der Waals surface area contributed by atoms with Crippen LogP contribution < -0.4 is 5.56 Å². The number of allylic oxidation sites excluding steroid dienone is 1. The van der Waals surface area contributed by atoms with E-state index >= 15 is 0 Å². The highest BCUT2D eigenvalue weighted by Gasteiger charge is 2.08. The third-order valence-electron chi connectivity index (χ3n) is 3.06. The van der Waals surface area contributed by atoms with Gasteiger partial charge in [-0.3, -0.25) is 9.78 Å². The molecule has 1 atom stereocenters. The maximum Gasteiger partial charge on any atom is 0.251 e. The number of aromatic nitrogens is 2. The van der Waals surface area contributed by atoms with Gasteiger partial charge in [0, 0.05) is 19.4 Å². The molecule has 0 amide bonds. The van der Waals surface area contributed by atoms with E-state index in [1.165, 1.54) is 6.42 Å². The van der Waals surface area contributed by atoms with E-state index in [2.05, 4.69) is 18.8 Å². The van der Waals surface area contributed by atoms with Crippen LogP contribution in [0.3, 0.4) is 0 Å². The van der Waals surface area contributed by atoms with Crippen molar-refractivity contribution in [1.29, 1.82) is 0 Å². The van der Waals surface area contributed by atoms with Gasteiger partial charge < -0.3 is 9.30 Å². The predicted molar refractivity (Wildman–Crippen MR) is 104 cm³/mol. The second-order valence-electron chi connectivity index (χ2n) is 5.21. The van der Waals surface area contributed by atoms with Crippen molar-refractivity contribution in [2.24, 2.45) is 0 Å². The second-order valence-corrected chi connectivity index (χ2v) is 5.21. The number of rotatable bonds is 4. The maximum atomic E-state index is 12.0. The van der Waals surface area contributed by atoms with Gasteiger partial charge >= 0.3 is 0 Å². The summed E-state index contributed by atoms with van der Waals surface area (Å²) < 4.78 is 6.95. The highest BCUT2D eigenvalue weighted by molar-refractivity contribution is 5.77. The fraction of sp³-hybridized carbons (Fsp3) is 0.500. The molecule has 2 heterocycles. The lowest BCUT2D eigenvalue weighted by molar-refractivity contribution is 0.103. The van der Waals surface area contributed by atoms with Crippen molar-refractivity contribution >= 4 is 17.1 Å². The Morgan fingerprint density at radius 1 is 1.29 bits per heavy atom. The lowest BCUT2D eigenvalue weighted by atomic mass is 10.2. The first-order chi connectivity index (χ1) is 11.6. The van der Waals surface area contributed by atoms with Crippen LogP contribution in [0.15, 0.2) is 35.3 Å². The Morgan fingerprint density at radius 3 is 2.46 bits per heavy atom. The largest absolute Gasteiger partial charge is 0.380 e. The summed E-state index contributed by atoms with van der Waals surface area (Å²) in [5, 5.41) is 0. The minimum absolute atomic E-state index is 0.0197. The first-order valence-electron chi connectivity index (χ1n) is 8.72.